The highest BCUT2D eigenvalue weighted by atomic mass is 35.5. The van der Waals surface area contributed by atoms with Crippen molar-refractivity contribution in [3.05, 3.63) is 63.2 Å². The van der Waals surface area contributed by atoms with Gasteiger partial charge in [0, 0.05) is 6.07 Å². The molecule has 0 fully saturated rings. The molecular weight excluding hydrogens is 774 g/mol. The van der Waals surface area contributed by atoms with Gasteiger partial charge in [0.2, 0.25) is 0 Å². The van der Waals surface area contributed by atoms with Gasteiger partial charge in [-0.15, -0.1) is 0 Å². The largest absolute Gasteiger partial charge is 0.491 e. The highest BCUT2D eigenvalue weighted by Gasteiger charge is 2.17. The van der Waals surface area contributed by atoms with Crippen LogP contribution in [0, 0.1) is 10.1 Å². The predicted octanol–water partition coefficient (Wildman–Crippen LogP) is 4.83. The van der Waals surface area contributed by atoms with Gasteiger partial charge in [0.25, 0.3) is 5.69 Å². The van der Waals surface area contributed by atoms with E-state index in [1.165, 1.54) is 18.2 Å². The summed E-state index contributed by atoms with van der Waals surface area (Å²) in [4.78, 5) is 22.4. The minimum absolute atomic E-state index is 0.130. The van der Waals surface area contributed by atoms with E-state index in [4.69, 9.17) is 73.2 Å². The van der Waals surface area contributed by atoms with Crippen LogP contribution < -0.4 is 9.47 Å². The monoisotopic (exact) mass is 833 g/mol. The molecule has 0 bridgehead atoms. The van der Waals surface area contributed by atoms with Crippen molar-refractivity contribution in [3.63, 3.8) is 0 Å². The van der Waals surface area contributed by atoms with E-state index in [-0.39, 0.29) is 23.3 Å². The molecule has 2 aromatic carbocycles. The Morgan fingerprint density at radius 3 is 1.14 bits per heavy atom. The number of esters is 1. The molecule has 18 heteroatoms. The van der Waals surface area contributed by atoms with Crippen LogP contribution in [-0.4, -0.2) is 162 Å². The summed E-state index contributed by atoms with van der Waals surface area (Å²) < 4.78 is 71.2. The smallest absolute Gasteiger partial charge is 0.338 e. The molecule has 2 rings (SSSR count). The Morgan fingerprint density at radius 2 is 0.825 bits per heavy atom. The summed E-state index contributed by atoms with van der Waals surface area (Å²) in [5, 5.41) is 11.1. The van der Waals surface area contributed by atoms with Crippen LogP contribution >= 0.6 is 11.6 Å². The number of nitro groups is 1. The number of benzene rings is 2. The fourth-order valence-electron chi connectivity index (χ4n) is 4.28. The summed E-state index contributed by atoms with van der Waals surface area (Å²) >= 11 is 5.86. The first-order valence-electron chi connectivity index (χ1n) is 19.0. The SMILES string of the molecule is CC(C)(C)OC(=O)c1ccc(OCCOCCOCCOCCOCCOCCOCCOCCOCCOCCOCCOc2cc(Cl)cc([N+](=O)[O-])c2)cc1. The fourth-order valence-corrected chi connectivity index (χ4v) is 4.50. The minimum atomic E-state index is -0.538. The van der Waals surface area contributed by atoms with E-state index in [2.05, 4.69) is 0 Å². The van der Waals surface area contributed by atoms with Gasteiger partial charge in [-0.2, -0.15) is 0 Å². The molecular formula is C39H60ClNO16. The molecule has 0 aliphatic rings. The van der Waals surface area contributed by atoms with Gasteiger partial charge in [0.1, 0.15) is 30.3 Å². The number of rotatable bonds is 37. The van der Waals surface area contributed by atoms with E-state index in [0.29, 0.717) is 156 Å². The van der Waals surface area contributed by atoms with E-state index in [9.17, 15) is 14.9 Å². The number of non-ortho nitro benzene ring substituents is 1. The molecule has 0 atom stereocenters. The van der Waals surface area contributed by atoms with E-state index < -0.39 is 10.5 Å². The van der Waals surface area contributed by atoms with Crippen LogP contribution in [0.4, 0.5) is 5.69 Å². The number of nitrogens with zero attached hydrogens (tertiary/aromatic N) is 1. The second kappa shape index (κ2) is 32.7. The zero-order valence-corrected chi connectivity index (χ0v) is 34.2. The van der Waals surface area contributed by atoms with Crippen LogP contribution in [0.25, 0.3) is 0 Å². The van der Waals surface area contributed by atoms with E-state index >= 15 is 0 Å². The van der Waals surface area contributed by atoms with Crippen LogP contribution in [0.1, 0.15) is 31.1 Å². The Morgan fingerprint density at radius 1 is 0.509 bits per heavy atom. The van der Waals surface area contributed by atoms with Crippen molar-refractivity contribution in [1.29, 1.82) is 0 Å². The maximum atomic E-state index is 12.1. The topological polar surface area (TPSA) is 180 Å². The zero-order chi connectivity index (χ0) is 41.2. The molecule has 0 N–H and O–H groups in total. The molecule has 0 aliphatic heterocycles. The summed E-state index contributed by atoms with van der Waals surface area (Å²) in [6, 6.07) is 10.9. The van der Waals surface area contributed by atoms with Gasteiger partial charge in [-0.3, -0.25) is 10.1 Å². The third-order valence-electron chi connectivity index (χ3n) is 6.90. The Balaban J connectivity index is 1.20. The van der Waals surface area contributed by atoms with Crippen LogP contribution in [0.3, 0.4) is 0 Å². The molecule has 0 radical (unpaired) electrons. The molecule has 57 heavy (non-hydrogen) atoms. The second-order valence-electron chi connectivity index (χ2n) is 12.7. The Kier molecular flexibility index (Phi) is 28.7. The number of hydrogen-bond donors (Lipinski definition) is 0. The van der Waals surface area contributed by atoms with Crippen LogP contribution in [0.15, 0.2) is 42.5 Å². The van der Waals surface area contributed by atoms with E-state index in [1.54, 1.807) is 24.3 Å². The van der Waals surface area contributed by atoms with Crippen molar-refractivity contribution in [1.82, 2.24) is 0 Å². The number of ether oxygens (including phenoxy) is 13. The van der Waals surface area contributed by atoms with Crippen LogP contribution in [0.2, 0.25) is 5.02 Å². The molecule has 0 aliphatic carbocycles. The molecule has 0 saturated carbocycles. The lowest BCUT2D eigenvalue weighted by Gasteiger charge is -2.19. The number of carbonyl (C=O) groups excluding carboxylic acids is 1. The lowest BCUT2D eigenvalue weighted by atomic mass is 10.1. The quantitative estimate of drug-likeness (QED) is 0.0391. The fraction of sp³-hybridized carbons (Fsp3) is 0.667. The molecule has 0 amide bonds. The maximum Gasteiger partial charge on any atom is 0.338 e. The highest BCUT2D eigenvalue weighted by Crippen LogP contribution is 2.25. The van der Waals surface area contributed by atoms with Gasteiger partial charge in [-0.1, -0.05) is 11.6 Å². The number of hydrogen-bond acceptors (Lipinski definition) is 16. The van der Waals surface area contributed by atoms with Crippen molar-refractivity contribution in [3.8, 4) is 11.5 Å². The van der Waals surface area contributed by atoms with Gasteiger partial charge in [-0.05, 0) is 51.1 Å². The van der Waals surface area contributed by atoms with Gasteiger partial charge in [0.05, 0.1) is 154 Å². The summed E-state index contributed by atoms with van der Waals surface area (Å²) in [7, 11) is 0. The van der Waals surface area contributed by atoms with Crippen molar-refractivity contribution in [2.24, 2.45) is 0 Å². The molecule has 0 spiro atoms. The number of carbonyl (C=O) groups is 1. The van der Waals surface area contributed by atoms with Gasteiger partial charge < -0.3 is 61.6 Å². The maximum absolute atomic E-state index is 12.1. The average Bonchev–Trinajstić information content (AvgIpc) is 3.17. The predicted molar refractivity (Wildman–Crippen MR) is 209 cm³/mol. The summed E-state index contributed by atoms with van der Waals surface area (Å²) in [6.45, 7) is 15.0. The summed E-state index contributed by atoms with van der Waals surface area (Å²) in [5.74, 6) is 0.599. The summed E-state index contributed by atoms with van der Waals surface area (Å²) in [6.07, 6.45) is 0. The van der Waals surface area contributed by atoms with Crippen LogP contribution in [-0.2, 0) is 52.1 Å². The van der Waals surface area contributed by atoms with E-state index in [1.807, 2.05) is 20.8 Å². The number of nitro benzene ring substituents is 1. The molecule has 324 valence electrons. The third kappa shape index (κ3) is 28.8. The average molecular weight is 834 g/mol. The first-order valence-corrected chi connectivity index (χ1v) is 19.3. The first kappa shape index (κ1) is 49.9. The molecule has 2 aromatic rings. The Bertz CT molecular complexity index is 1310. The number of halogens is 1. The Hall–Kier alpha value is -3.20. The third-order valence-corrected chi connectivity index (χ3v) is 7.11. The molecule has 0 saturated heterocycles. The van der Waals surface area contributed by atoms with Crippen molar-refractivity contribution in [2.45, 2.75) is 26.4 Å². The first-order chi connectivity index (χ1) is 27.6. The molecule has 0 unspecified atom stereocenters. The van der Waals surface area contributed by atoms with Crippen LogP contribution in [0.5, 0.6) is 11.5 Å². The van der Waals surface area contributed by atoms with Gasteiger partial charge in [0.15, 0.2) is 0 Å². The molecule has 0 aromatic heterocycles. The van der Waals surface area contributed by atoms with Crippen molar-refractivity contribution in [2.75, 3.05) is 145 Å². The minimum Gasteiger partial charge on any atom is -0.491 e. The molecule has 17 nitrogen and oxygen atoms in total. The van der Waals surface area contributed by atoms with Crippen molar-refractivity contribution >= 4 is 23.3 Å². The lowest BCUT2D eigenvalue weighted by Crippen LogP contribution is -2.23. The lowest BCUT2D eigenvalue weighted by molar-refractivity contribution is -0.384. The second-order valence-corrected chi connectivity index (χ2v) is 13.2. The zero-order valence-electron chi connectivity index (χ0n) is 33.5. The van der Waals surface area contributed by atoms with Gasteiger partial charge >= 0.3 is 5.97 Å². The van der Waals surface area contributed by atoms with Crippen molar-refractivity contribution < 1.29 is 71.3 Å². The normalized spacial score (nSPS) is 11.5. The standard InChI is InChI=1S/C39H60ClNO16/c1-39(2,3)57-38(42)33-4-6-36(7-5-33)55-28-26-53-24-22-51-20-18-49-16-14-47-12-10-45-8-9-46-11-13-48-15-17-50-19-21-52-23-25-54-27-29-56-37-31-34(40)30-35(32-37)41(43)44/h4-7,30-32H,8-29H2,1-3H3. The highest BCUT2D eigenvalue weighted by molar-refractivity contribution is 6.30. The Labute approximate surface area is 340 Å². The molecule has 0 heterocycles. The van der Waals surface area contributed by atoms with E-state index in [0.717, 1.165) is 0 Å². The van der Waals surface area contributed by atoms with Gasteiger partial charge in [-0.25, -0.2) is 4.79 Å². The summed E-state index contributed by atoms with van der Waals surface area (Å²) in [5.41, 5.74) is -0.193.